The molecular weight excluding hydrogens is 936 g/mol. The number of unbranched alkanes of at least 4 members (excludes halogenated alkanes) is 47. The zero-order valence-corrected chi connectivity index (χ0v) is 51.5. The zero-order chi connectivity index (χ0) is 54.2. The van der Waals surface area contributed by atoms with Crippen LogP contribution in [0.25, 0.3) is 0 Å². The van der Waals surface area contributed by atoms with Crippen LogP contribution >= 0.6 is 7.82 Å². The number of likely N-dealkylation sites (N-methyl/N-ethyl adjacent to an activating group) is 1. The zero-order valence-electron chi connectivity index (χ0n) is 50.6. The summed E-state index contributed by atoms with van der Waals surface area (Å²) in [5, 5.41) is 14.1. The number of carbonyl (C=O) groups is 1. The molecule has 74 heavy (non-hydrogen) atoms. The predicted octanol–water partition coefficient (Wildman–Crippen LogP) is 20.6. The number of aliphatic hydroxyl groups excluding tert-OH is 1. The minimum Gasteiger partial charge on any atom is -0.391 e. The molecule has 0 bridgehead atoms. The summed E-state index contributed by atoms with van der Waals surface area (Å²) < 4.78 is 23.9. The standard InChI is InChI=1S/C65H131N2O6P/c1-6-8-10-12-14-16-18-20-22-24-26-28-30-32-33-35-37-39-41-43-45-47-49-51-53-55-57-59-65(69)66-63(62-73-74(70,71)72-61-60-67(3,4)5)64(68)58-56-54-52-50-48-46-44-42-40-38-36-34-31-29-27-25-23-21-19-17-15-13-11-9-7-2/h24,26,63-64,68H,6-23,25,27-62H2,1-5H3,(H-,66,69,70,71)/p+1/b26-24-. The van der Waals surface area contributed by atoms with Gasteiger partial charge >= 0.3 is 7.82 Å². The molecule has 0 radical (unpaired) electrons. The van der Waals surface area contributed by atoms with Gasteiger partial charge in [0, 0.05) is 6.42 Å². The van der Waals surface area contributed by atoms with Gasteiger partial charge in [0.1, 0.15) is 13.2 Å². The second-order valence-corrected chi connectivity index (χ2v) is 25.7. The number of aliphatic hydroxyl groups is 1. The summed E-state index contributed by atoms with van der Waals surface area (Å²) in [7, 11) is 1.64. The Balaban J connectivity index is 4.05. The normalized spacial score (nSPS) is 13.8. The van der Waals surface area contributed by atoms with Gasteiger partial charge in [-0.2, -0.15) is 0 Å². The maximum absolute atomic E-state index is 13.1. The number of amides is 1. The van der Waals surface area contributed by atoms with Gasteiger partial charge in [0.2, 0.25) is 5.91 Å². The van der Waals surface area contributed by atoms with E-state index in [1.165, 1.54) is 283 Å². The lowest BCUT2D eigenvalue weighted by molar-refractivity contribution is -0.870. The smallest absolute Gasteiger partial charge is 0.391 e. The Bertz CT molecular complexity index is 1210. The van der Waals surface area contributed by atoms with Gasteiger partial charge < -0.3 is 19.8 Å². The van der Waals surface area contributed by atoms with Crippen LogP contribution in [-0.2, 0) is 18.4 Å². The van der Waals surface area contributed by atoms with Crippen molar-refractivity contribution in [2.24, 2.45) is 0 Å². The number of phosphoric acid groups is 1. The minimum atomic E-state index is -4.32. The van der Waals surface area contributed by atoms with Gasteiger partial charge in [0.25, 0.3) is 0 Å². The monoisotopic (exact) mass is 1070 g/mol. The van der Waals surface area contributed by atoms with E-state index in [1.54, 1.807) is 0 Å². The van der Waals surface area contributed by atoms with Gasteiger partial charge in [-0.3, -0.25) is 13.8 Å². The van der Waals surface area contributed by atoms with E-state index in [0.29, 0.717) is 23.9 Å². The molecule has 1 amide bonds. The number of phosphoric ester groups is 1. The van der Waals surface area contributed by atoms with Crippen LogP contribution in [-0.4, -0.2) is 73.4 Å². The molecule has 0 aromatic heterocycles. The fourth-order valence-electron chi connectivity index (χ4n) is 10.3. The van der Waals surface area contributed by atoms with Crippen molar-refractivity contribution < 1.29 is 32.9 Å². The third-order valence-electron chi connectivity index (χ3n) is 15.5. The van der Waals surface area contributed by atoms with E-state index in [1.807, 2.05) is 21.1 Å². The Morgan fingerprint density at radius 2 is 0.730 bits per heavy atom. The van der Waals surface area contributed by atoms with E-state index in [4.69, 9.17) is 9.05 Å². The van der Waals surface area contributed by atoms with Crippen LogP contribution in [0.5, 0.6) is 0 Å². The molecule has 0 aliphatic rings. The van der Waals surface area contributed by atoms with Crippen molar-refractivity contribution in [2.45, 2.75) is 360 Å². The molecule has 9 heteroatoms. The first-order valence-corrected chi connectivity index (χ1v) is 34.5. The van der Waals surface area contributed by atoms with E-state index in [2.05, 4.69) is 31.3 Å². The molecule has 442 valence electrons. The summed E-state index contributed by atoms with van der Waals surface area (Å²) in [5.41, 5.74) is 0. The Kier molecular flexibility index (Phi) is 56.4. The second-order valence-electron chi connectivity index (χ2n) is 24.2. The molecular formula is C65H132N2O6P+. The third-order valence-corrected chi connectivity index (χ3v) is 16.5. The number of allylic oxidation sites excluding steroid dienone is 2. The highest BCUT2D eigenvalue weighted by Crippen LogP contribution is 2.43. The van der Waals surface area contributed by atoms with Crippen molar-refractivity contribution in [3.05, 3.63) is 12.2 Å². The Labute approximate surface area is 462 Å². The van der Waals surface area contributed by atoms with Crippen molar-refractivity contribution in [2.75, 3.05) is 40.9 Å². The van der Waals surface area contributed by atoms with E-state index >= 15 is 0 Å². The molecule has 3 atom stereocenters. The average Bonchev–Trinajstić information content (AvgIpc) is 3.36. The largest absolute Gasteiger partial charge is 0.472 e. The molecule has 0 aliphatic heterocycles. The van der Waals surface area contributed by atoms with Crippen LogP contribution in [0.2, 0.25) is 0 Å². The van der Waals surface area contributed by atoms with Crippen molar-refractivity contribution in [3.63, 3.8) is 0 Å². The van der Waals surface area contributed by atoms with Gasteiger partial charge in [0.05, 0.1) is 39.9 Å². The SMILES string of the molecule is CCCCCCCCCC/C=C\CCCCCCCCCCCCCCCCCC(=O)NC(COP(=O)(O)OCC[N+](C)(C)C)C(O)CCCCCCCCCCCCCCCCCCCCCCCCCCC. The molecule has 0 aromatic rings. The topological polar surface area (TPSA) is 105 Å². The Morgan fingerprint density at radius 1 is 0.446 bits per heavy atom. The lowest BCUT2D eigenvalue weighted by Gasteiger charge is -2.26. The first kappa shape index (κ1) is 73.2. The molecule has 3 unspecified atom stereocenters. The molecule has 3 N–H and O–H groups in total. The summed E-state index contributed by atoms with van der Waals surface area (Å²) in [6, 6.07) is -0.758. The average molecular weight is 1070 g/mol. The second kappa shape index (κ2) is 56.9. The quantitative estimate of drug-likeness (QED) is 0.0243. The third kappa shape index (κ3) is 58.9. The Morgan fingerprint density at radius 3 is 1.04 bits per heavy atom. The number of rotatable bonds is 62. The highest BCUT2D eigenvalue weighted by molar-refractivity contribution is 7.47. The van der Waals surface area contributed by atoms with Gasteiger partial charge in [-0.15, -0.1) is 0 Å². The molecule has 0 saturated carbocycles. The van der Waals surface area contributed by atoms with Gasteiger partial charge in [0.15, 0.2) is 0 Å². The summed E-state index contributed by atoms with van der Waals surface area (Å²) >= 11 is 0. The lowest BCUT2D eigenvalue weighted by Crippen LogP contribution is -2.46. The van der Waals surface area contributed by atoms with Gasteiger partial charge in [-0.05, 0) is 38.5 Å². The lowest BCUT2D eigenvalue weighted by atomic mass is 10.0. The van der Waals surface area contributed by atoms with Crippen molar-refractivity contribution in [1.29, 1.82) is 0 Å². The minimum absolute atomic E-state index is 0.0780. The van der Waals surface area contributed by atoms with Crippen molar-refractivity contribution in [3.8, 4) is 0 Å². The van der Waals surface area contributed by atoms with Crippen LogP contribution < -0.4 is 5.32 Å². The Hall–Kier alpha value is -0.760. The molecule has 0 spiro atoms. The maximum Gasteiger partial charge on any atom is 0.472 e. The predicted molar refractivity (Wildman–Crippen MR) is 323 cm³/mol. The molecule has 8 nitrogen and oxygen atoms in total. The molecule has 0 aromatic carbocycles. The van der Waals surface area contributed by atoms with E-state index in [-0.39, 0.29) is 19.1 Å². The summed E-state index contributed by atoms with van der Waals surface area (Å²) in [4.78, 5) is 23.4. The van der Waals surface area contributed by atoms with Crippen LogP contribution in [0.4, 0.5) is 0 Å². The van der Waals surface area contributed by atoms with E-state index in [0.717, 1.165) is 38.5 Å². The first-order chi connectivity index (χ1) is 36.0. The number of hydrogen-bond donors (Lipinski definition) is 3. The molecule has 0 aliphatic carbocycles. The number of nitrogens with one attached hydrogen (secondary N) is 1. The van der Waals surface area contributed by atoms with E-state index in [9.17, 15) is 19.4 Å². The highest BCUT2D eigenvalue weighted by atomic mass is 31.2. The van der Waals surface area contributed by atoms with Crippen molar-refractivity contribution in [1.82, 2.24) is 5.32 Å². The fraction of sp³-hybridized carbons (Fsp3) is 0.954. The number of hydrogen-bond acceptors (Lipinski definition) is 5. The fourth-order valence-corrected chi connectivity index (χ4v) is 11.1. The number of nitrogens with zero attached hydrogens (tertiary/aromatic N) is 1. The van der Waals surface area contributed by atoms with Gasteiger partial charge in [-0.1, -0.05) is 315 Å². The molecule has 0 heterocycles. The number of quaternary nitrogens is 1. The molecule has 0 fully saturated rings. The van der Waals surface area contributed by atoms with Crippen LogP contribution in [0.1, 0.15) is 348 Å². The maximum atomic E-state index is 13.1. The van der Waals surface area contributed by atoms with Crippen LogP contribution in [0, 0.1) is 0 Å². The van der Waals surface area contributed by atoms with Gasteiger partial charge in [-0.25, -0.2) is 4.57 Å². The van der Waals surface area contributed by atoms with Crippen LogP contribution in [0.15, 0.2) is 12.2 Å². The highest BCUT2D eigenvalue weighted by Gasteiger charge is 2.28. The van der Waals surface area contributed by atoms with Crippen LogP contribution in [0.3, 0.4) is 0 Å². The summed E-state index contributed by atoms with van der Waals surface area (Å²) in [6.45, 7) is 4.95. The molecule has 0 saturated heterocycles. The van der Waals surface area contributed by atoms with E-state index < -0.39 is 20.0 Å². The first-order valence-electron chi connectivity index (χ1n) is 33.1. The summed E-state index contributed by atoms with van der Waals surface area (Å²) in [6.07, 6.45) is 71.5. The van der Waals surface area contributed by atoms with Crippen molar-refractivity contribution >= 4 is 13.7 Å². The summed E-state index contributed by atoms with van der Waals surface area (Å²) in [5.74, 6) is -0.136. The molecule has 0 rings (SSSR count). The number of carbonyl (C=O) groups excluding carboxylic acids is 1.